The largest absolute Gasteiger partial charge is 0.434 e. The first kappa shape index (κ1) is 13.7. The highest BCUT2D eigenvalue weighted by Crippen LogP contribution is 2.39. The number of hydrogen-bond acceptors (Lipinski definition) is 4. The van der Waals surface area contributed by atoms with Crippen LogP contribution >= 0.6 is 0 Å². The molecule has 1 N–H and O–H groups in total. The molecule has 1 saturated heterocycles. The SMILES string of the molecule is O=c1[nH]nc(-c2ccc(N3CCCC3)c(C(F)(F)F)c2)o1. The molecule has 1 aromatic carbocycles. The van der Waals surface area contributed by atoms with Crippen LogP contribution in [0.15, 0.2) is 27.4 Å². The number of aromatic amines is 1. The van der Waals surface area contributed by atoms with Crippen LogP contribution in [0.25, 0.3) is 11.5 Å². The molecule has 1 aliphatic heterocycles. The molecule has 5 nitrogen and oxygen atoms in total. The summed E-state index contributed by atoms with van der Waals surface area (Å²) in [6, 6.07) is 3.84. The van der Waals surface area contributed by atoms with Gasteiger partial charge in [-0.2, -0.15) is 13.2 Å². The minimum atomic E-state index is -4.48. The van der Waals surface area contributed by atoms with Crippen molar-refractivity contribution in [1.29, 1.82) is 0 Å². The molecule has 2 aromatic rings. The summed E-state index contributed by atoms with van der Waals surface area (Å²) < 4.78 is 44.5. The average molecular weight is 299 g/mol. The van der Waals surface area contributed by atoms with Crippen molar-refractivity contribution in [1.82, 2.24) is 10.2 Å². The first-order valence-corrected chi connectivity index (χ1v) is 6.47. The number of H-pyrrole nitrogens is 1. The Labute approximate surface area is 117 Å². The molecule has 0 unspecified atom stereocenters. The van der Waals surface area contributed by atoms with E-state index in [4.69, 9.17) is 4.42 Å². The maximum atomic E-state index is 13.3. The highest BCUT2D eigenvalue weighted by molar-refractivity contribution is 5.65. The Morgan fingerprint density at radius 3 is 2.52 bits per heavy atom. The van der Waals surface area contributed by atoms with Gasteiger partial charge in [0.1, 0.15) is 0 Å². The molecule has 8 heteroatoms. The summed E-state index contributed by atoms with van der Waals surface area (Å²) in [6.07, 6.45) is -2.72. The summed E-state index contributed by atoms with van der Waals surface area (Å²) in [7, 11) is 0. The van der Waals surface area contributed by atoms with Gasteiger partial charge in [-0.05, 0) is 31.0 Å². The number of benzene rings is 1. The van der Waals surface area contributed by atoms with Crippen LogP contribution in [0.5, 0.6) is 0 Å². The number of nitrogens with zero attached hydrogens (tertiary/aromatic N) is 2. The molecule has 2 heterocycles. The Kier molecular flexibility index (Phi) is 3.23. The lowest BCUT2D eigenvalue weighted by Crippen LogP contribution is -2.22. The van der Waals surface area contributed by atoms with E-state index in [0.717, 1.165) is 18.9 Å². The fourth-order valence-corrected chi connectivity index (χ4v) is 2.48. The minimum absolute atomic E-state index is 0.114. The predicted molar refractivity (Wildman–Crippen MR) is 69.0 cm³/mol. The van der Waals surface area contributed by atoms with E-state index in [1.54, 1.807) is 4.90 Å². The Morgan fingerprint density at radius 2 is 1.95 bits per heavy atom. The number of anilines is 1. The van der Waals surface area contributed by atoms with Gasteiger partial charge in [0.05, 0.1) is 5.56 Å². The summed E-state index contributed by atoms with van der Waals surface area (Å²) in [4.78, 5) is 12.6. The standard InChI is InChI=1S/C13H12F3N3O2/c14-13(15,16)9-7-8(11-17-18-12(20)21-11)3-4-10(9)19-5-1-2-6-19/h3-4,7H,1-2,5-6H2,(H,18,20). The molecule has 3 rings (SSSR count). The fourth-order valence-electron chi connectivity index (χ4n) is 2.48. The molecule has 0 spiro atoms. The van der Waals surface area contributed by atoms with Gasteiger partial charge < -0.3 is 9.32 Å². The van der Waals surface area contributed by atoms with E-state index < -0.39 is 17.5 Å². The van der Waals surface area contributed by atoms with Crippen molar-refractivity contribution >= 4 is 5.69 Å². The van der Waals surface area contributed by atoms with Crippen molar-refractivity contribution in [3.8, 4) is 11.5 Å². The summed E-state index contributed by atoms with van der Waals surface area (Å²) in [5.41, 5.74) is -0.474. The molecule has 1 aliphatic rings. The third kappa shape index (κ3) is 2.65. The second-order valence-electron chi connectivity index (χ2n) is 4.84. The van der Waals surface area contributed by atoms with Crippen molar-refractivity contribution in [2.45, 2.75) is 19.0 Å². The number of hydrogen-bond donors (Lipinski definition) is 1. The van der Waals surface area contributed by atoms with E-state index in [1.165, 1.54) is 12.1 Å². The summed E-state index contributed by atoms with van der Waals surface area (Å²) >= 11 is 0. The molecule has 1 aromatic heterocycles. The van der Waals surface area contributed by atoms with Crippen LogP contribution in [0.4, 0.5) is 18.9 Å². The topological polar surface area (TPSA) is 62.1 Å². The zero-order valence-electron chi connectivity index (χ0n) is 10.9. The maximum Gasteiger partial charge on any atom is 0.434 e. The number of nitrogens with one attached hydrogen (secondary N) is 1. The second-order valence-corrected chi connectivity index (χ2v) is 4.84. The lowest BCUT2D eigenvalue weighted by molar-refractivity contribution is -0.137. The molecular weight excluding hydrogens is 287 g/mol. The fraction of sp³-hybridized carbons (Fsp3) is 0.385. The highest BCUT2D eigenvalue weighted by atomic mass is 19.4. The van der Waals surface area contributed by atoms with Gasteiger partial charge in [-0.15, -0.1) is 5.10 Å². The van der Waals surface area contributed by atoms with E-state index in [0.29, 0.717) is 13.1 Å². The van der Waals surface area contributed by atoms with Gasteiger partial charge in [0.15, 0.2) is 0 Å². The molecule has 0 radical (unpaired) electrons. The van der Waals surface area contributed by atoms with Gasteiger partial charge >= 0.3 is 11.9 Å². The number of rotatable bonds is 2. The van der Waals surface area contributed by atoms with Gasteiger partial charge in [-0.3, -0.25) is 0 Å². The number of aromatic nitrogens is 2. The van der Waals surface area contributed by atoms with Gasteiger partial charge in [0, 0.05) is 24.3 Å². The van der Waals surface area contributed by atoms with Gasteiger partial charge in [0.25, 0.3) is 0 Å². The predicted octanol–water partition coefficient (Wildman–Crippen LogP) is 2.65. The second kappa shape index (κ2) is 4.94. The Balaban J connectivity index is 2.08. The van der Waals surface area contributed by atoms with Crippen LogP contribution in [0.2, 0.25) is 0 Å². The summed E-state index contributed by atoms with van der Waals surface area (Å²) in [6.45, 7) is 1.22. The lowest BCUT2D eigenvalue weighted by Gasteiger charge is -2.23. The molecule has 0 saturated carbocycles. The van der Waals surface area contributed by atoms with Crippen molar-refractivity contribution in [2.75, 3.05) is 18.0 Å². The Bertz CT molecular complexity index is 699. The number of alkyl halides is 3. The third-order valence-corrected chi connectivity index (χ3v) is 3.43. The third-order valence-electron chi connectivity index (χ3n) is 3.43. The molecule has 0 aliphatic carbocycles. The van der Waals surface area contributed by atoms with Crippen LogP contribution in [-0.2, 0) is 6.18 Å². The summed E-state index contributed by atoms with van der Waals surface area (Å²) in [5, 5.41) is 5.58. The van der Waals surface area contributed by atoms with Crippen LogP contribution in [0, 0.1) is 0 Å². The molecular formula is C13H12F3N3O2. The van der Waals surface area contributed by atoms with E-state index in [2.05, 4.69) is 5.10 Å². The first-order chi connectivity index (χ1) is 9.95. The monoisotopic (exact) mass is 299 g/mol. The molecule has 0 bridgehead atoms. The summed E-state index contributed by atoms with van der Waals surface area (Å²) in [5.74, 6) is -0.958. The molecule has 0 atom stereocenters. The van der Waals surface area contributed by atoms with E-state index in [9.17, 15) is 18.0 Å². The van der Waals surface area contributed by atoms with Crippen molar-refractivity contribution in [2.24, 2.45) is 0 Å². The van der Waals surface area contributed by atoms with Crippen LogP contribution in [0.3, 0.4) is 0 Å². The molecule has 0 amide bonds. The van der Waals surface area contributed by atoms with Gasteiger partial charge in [-0.1, -0.05) is 0 Å². The van der Waals surface area contributed by atoms with Crippen LogP contribution in [0.1, 0.15) is 18.4 Å². The molecule has 1 fully saturated rings. The Hall–Kier alpha value is -2.25. The van der Waals surface area contributed by atoms with Gasteiger partial charge in [0.2, 0.25) is 5.89 Å². The molecule has 21 heavy (non-hydrogen) atoms. The zero-order chi connectivity index (χ0) is 15.0. The first-order valence-electron chi connectivity index (χ1n) is 6.47. The Morgan fingerprint density at radius 1 is 1.24 bits per heavy atom. The number of halogens is 3. The highest BCUT2D eigenvalue weighted by Gasteiger charge is 2.36. The smallest absolute Gasteiger partial charge is 0.388 e. The van der Waals surface area contributed by atoms with Crippen LogP contribution in [-0.4, -0.2) is 23.3 Å². The van der Waals surface area contributed by atoms with Crippen LogP contribution < -0.4 is 10.7 Å². The lowest BCUT2D eigenvalue weighted by atomic mass is 10.1. The van der Waals surface area contributed by atoms with E-state index >= 15 is 0 Å². The normalized spacial score (nSPS) is 15.7. The van der Waals surface area contributed by atoms with Crippen molar-refractivity contribution in [3.05, 3.63) is 34.3 Å². The minimum Gasteiger partial charge on any atom is -0.388 e. The van der Waals surface area contributed by atoms with Crippen molar-refractivity contribution < 1.29 is 17.6 Å². The van der Waals surface area contributed by atoms with Crippen molar-refractivity contribution in [3.63, 3.8) is 0 Å². The average Bonchev–Trinajstić information content (AvgIpc) is 3.08. The zero-order valence-corrected chi connectivity index (χ0v) is 10.9. The molecule has 112 valence electrons. The van der Waals surface area contributed by atoms with E-state index in [1.807, 2.05) is 5.10 Å². The van der Waals surface area contributed by atoms with Gasteiger partial charge in [-0.25, -0.2) is 9.89 Å². The quantitative estimate of drug-likeness (QED) is 0.926. The maximum absolute atomic E-state index is 13.3. The van der Waals surface area contributed by atoms with E-state index in [-0.39, 0.29) is 17.1 Å².